The van der Waals surface area contributed by atoms with Gasteiger partial charge in [0, 0.05) is 24.6 Å². The molecule has 4 nitrogen and oxygen atoms in total. The summed E-state index contributed by atoms with van der Waals surface area (Å²) in [5, 5.41) is 0.989. The van der Waals surface area contributed by atoms with Crippen molar-refractivity contribution >= 4 is 15.7 Å². The van der Waals surface area contributed by atoms with Gasteiger partial charge in [-0.25, -0.2) is 8.42 Å². The van der Waals surface area contributed by atoms with Crippen LogP contribution in [0.2, 0.25) is 0 Å². The molecule has 0 spiro atoms. The number of likely N-dealkylation sites (tertiary alicyclic amines) is 1. The van der Waals surface area contributed by atoms with Gasteiger partial charge in [0.1, 0.15) is 0 Å². The van der Waals surface area contributed by atoms with Crippen molar-refractivity contribution in [2.24, 2.45) is 0 Å². The van der Waals surface area contributed by atoms with Gasteiger partial charge in [0.2, 0.25) is 5.91 Å². The van der Waals surface area contributed by atoms with Crippen LogP contribution < -0.4 is 0 Å². The first-order chi connectivity index (χ1) is 8.59. The summed E-state index contributed by atoms with van der Waals surface area (Å²) in [6, 6.07) is 8.09. The molecule has 0 aromatic heterocycles. The van der Waals surface area contributed by atoms with Crippen LogP contribution in [0.3, 0.4) is 0 Å². The molecule has 1 aliphatic heterocycles. The average Bonchev–Trinajstić information content (AvgIpc) is 2.91. The van der Waals surface area contributed by atoms with Gasteiger partial charge in [-0.15, -0.1) is 0 Å². The summed E-state index contributed by atoms with van der Waals surface area (Å²) in [7, 11) is -3.51. The third kappa shape index (κ3) is 2.98. The van der Waals surface area contributed by atoms with Crippen molar-refractivity contribution in [2.45, 2.75) is 17.7 Å². The Hall–Kier alpha value is -1.62. The Morgan fingerprint density at radius 2 is 1.72 bits per heavy atom. The van der Waals surface area contributed by atoms with E-state index in [1.807, 2.05) is 0 Å². The molecule has 1 fully saturated rings. The van der Waals surface area contributed by atoms with Crippen LogP contribution in [0.1, 0.15) is 12.8 Å². The van der Waals surface area contributed by atoms with Crippen LogP contribution in [0.5, 0.6) is 0 Å². The molecule has 1 heterocycles. The Kier molecular flexibility index (Phi) is 3.81. The molecule has 0 radical (unpaired) electrons. The maximum atomic E-state index is 11.9. The lowest BCUT2D eigenvalue weighted by molar-refractivity contribution is -0.124. The highest BCUT2D eigenvalue weighted by atomic mass is 32.2. The lowest BCUT2D eigenvalue weighted by atomic mass is 10.4. The van der Waals surface area contributed by atoms with Crippen LogP contribution in [0.4, 0.5) is 0 Å². The highest BCUT2D eigenvalue weighted by Crippen LogP contribution is 2.12. The Bertz CT molecular complexity index is 543. The molecule has 1 aliphatic rings. The quantitative estimate of drug-likeness (QED) is 0.780. The first-order valence-corrected chi connectivity index (χ1v) is 7.41. The Morgan fingerprint density at radius 1 is 1.11 bits per heavy atom. The summed E-state index contributed by atoms with van der Waals surface area (Å²) in [5.41, 5.74) is 0. The van der Waals surface area contributed by atoms with Gasteiger partial charge in [0.05, 0.1) is 4.90 Å². The van der Waals surface area contributed by atoms with Gasteiger partial charge in [-0.1, -0.05) is 18.2 Å². The molecule has 0 unspecified atom stereocenters. The molecule has 96 valence electrons. The molecule has 18 heavy (non-hydrogen) atoms. The summed E-state index contributed by atoms with van der Waals surface area (Å²) < 4.78 is 23.8. The number of carbonyl (C=O) groups excluding carboxylic acids is 1. The fourth-order valence-electron chi connectivity index (χ4n) is 1.88. The van der Waals surface area contributed by atoms with E-state index in [1.165, 1.54) is 12.1 Å². The highest BCUT2D eigenvalue weighted by Gasteiger charge is 2.16. The van der Waals surface area contributed by atoms with E-state index in [0.717, 1.165) is 24.3 Å². The predicted octanol–water partition coefficient (Wildman–Crippen LogP) is 1.60. The summed E-state index contributed by atoms with van der Waals surface area (Å²) in [4.78, 5) is 13.6. The van der Waals surface area contributed by atoms with Gasteiger partial charge in [0.25, 0.3) is 0 Å². The zero-order chi connectivity index (χ0) is 13.0. The van der Waals surface area contributed by atoms with E-state index in [9.17, 15) is 13.2 Å². The van der Waals surface area contributed by atoms with Gasteiger partial charge in [-0.05, 0) is 25.0 Å². The first-order valence-electron chi connectivity index (χ1n) is 5.87. The Morgan fingerprint density at radius 3 is 2.33 bits per heavy atom. The first kappa shape index (κ1) is 12.8. The minimum atomic E-state index is -3.51. The van der Waals surface area contributed by atoms with Crippen LogP contribution in [-0.2, 0) is 14.6 Å². The van der Waals surface area contributed by atoms with E-state index in [1.54, 1.807) is 23.1 Å². The van der Waals surface area contributed by atoms with Crippen molar-refractivity contribution in [1.82, 2.24) is 4.90 Å². The van der Waals surface area contributed by atoms with Crippen molar-refractivity contribution in [3.05, 3.63) is 41.8 Å². The van der Waals surface area contributed by atoms with Gasteiger partial charge in [-0.3, -0.25) is 4.79 Å². The number of hydrogen-bond donors (Lipinski definition) is 0. The number of carbonyl (C=O) groups is 1. The predicted molar refractivity (Wildman–Crippen MR) is 68.6 cm³/mol. The maximum Gasteiger partial charge on any atom is 0.247 e. The second-order valence-electron chi connectivity index (χ2n) is 4.19. The minimum Gasteiger partial charge on any atom is -0.339 e. The molecule has 2 rings (SSSR count). The van der Waals surface area contributed by atoms with Gasteiger partial charge in [0.15, 0.2) is 9.84 Å². The van der Waals surface area contributed by atoms with Crippen molar-refractivity contribution in [2.75, 3.05) is 13.1 Å². The summed E-state index contributed by atoms with van der Waals surface area (Å²) in [6.07, 6.45) is 3.13. The Balaban J connectivity index is 2.11. The third-order valence-corrected chi connectivity index (χ3v) is 4.30. The molecule has 1 aromatic carbocycles. The normalized spacial score (nSPS) is 16.3. The molecule has 0 aliphatic carbocycles. The van der Waals surface area contributed by atoms with E-state index in [4.69, 9.17) is 0 Å². The van der Waals surface area contributed by atoms with Crippen molar-refractivity contribution in [3.8, 4) is 0 Å². The fourth-order valence-corrected chi connectivity index (χ4v) is 2.87. The second kappa shape index (κ2) is 5.35. The Labute approximate surface area is 107 Å². The largest absolute Gasteiger partial charge is 0.339 e. The maximum absolute atomic E-state index is 11.9. The lowest BCUT2D eigenvalue weighted by Gasteiger charge is -2.11. The van der Waals surface area contributed by atoms with Crippen LogP contribution in [0, 0.1) is 0 Å². The molecule has 0 atom stereocenters. The van der Waals surface area contributed by atoms with Crippen LogP contribution in [0.15, 0.2) is 46.7 Å². The molecule has 5 heteroatoms. The molecular weight excluding hydrogens is 250 g/mol. The van der Waals surface area contributed by atoms with E-state index in [2.05, 4.69) is 0 Å². The number of rotatable bonds is 3. The number of hydrogen-bond acceptors (Lipinski definition) is 3. The number of benzene rings is 1. The summed E-state index contributed by atoms with van der Waals surface area (Å²) in [5.74, 6) is -0.230. The number of amides is 1. The van der Waals surface area contributed by atoms with E-state index < -0.39 is 9.84 Å². The van der Waals surface area contributed by atoms with Crippen molar-refractivity contribution in [1.29, 1.82) is 0 Å². The van der Waals surface area contributed by atoms with E-state index in [-0.39, 0.29) is 10.8 Å². The molecular formula is C13H15NO3S. The summed E-state index contributed by atoms with van der Waals surface area (Å²) >= 11 is 0. The van der Waals surface area contributed by atoms with Gasteiger partial charge < -0.3 is 4.90 Å². The van der Waals surface area contributed by atoms with Crippen LogP contribution >= 0.6 is 0 Å². The standard InChI is InChI=1S/C13H15NO3S/c15-13(14-9-4-5-10-14)8-11-18(16,17)12-6-2-1-3-7-12/h1-3,6-8,11H,4-5,9-10H2. The summed E-state index contributed by atoms with van der Waals surface area (Å²) in [6.45, 7) is 1.43. The van der Waals surface area contributed by atoms with E-state index in [0.29, 0.717) is 13.1 Å². The molecule has 0 N–H and O–H groups in total. The van der Waals surface area contributed by atoms with E-state index >= 15 is 0 Å². The van der Waals surface area contributed by atoms with Crippen molar-refractivity contribution in [3.63, 3.8) is 0 Å². The number of nitrogens with zero attached hydrogens (tertiary/aromatic N) is 1. The zero-order valence-electron chi connectivity index (χ0n) is 9.95. The molecule has 0 saturated carbocycles. The molecule has 0 bridgehead atoms. The minimum absolute atomic E-state index is 0.204. The molecule has 1 saturated heterocycles. The van der Waals surface area contributed by atoms with Crippen LogP contribution in [-0.4, -0.2) is 32.3 Å². The average molecular weight is 265 g/mol. The molecule has 1 amide bonds. The highest BCUT2D eigenvalue weighted by molar-refractivity contribution is 7.94. The fraction of sp³-hybridized carbons (Fsp3) is 0.308. The van der Waals surface area contributed by atoms with Gasteiger partial charge in [-0.2, -0.15) is 0 Å². The molecule has 1 aromatic rings. The second-order valence-corrected chi connectivity index (χ2v) is 6.03. The van der Waals surface area contributed by atoms with Gasteiger partial charge >= 0.3 is 0 Å². The monoisotopic (exact) mass is 265 g/mol. The zero-order valence-corrected chi connectivity index (χ0v) is 10.8. The third-order valence-electron chi connectivity index (χ3n) is 2.88. The van der Waals surface area contributed by atoms with Crippen LogP contribution in [0.25, 0.3) is 0 Å². The number of sulfone groups is 1. The lowest BCUT2D eigenvalue weighted by Crippen LogP contribution is -2.25. The van der Waals surface area contributed by atoms with Crippen molar-refractivity contribution < 1.29 is 13.2 Å². The topological polar surface area (TPSA) is 54.5 Å². The SMILES string of the molecule is O=C(C=CS(=O)(=O)c1ccccc1)N1CCCC1. The smallest absolute Gasteiger partial charge is 0.247 e.